The van der Waals surface area contributed by atoms with Gasteiger partial charge >= 0.3 is 0 Å². The molecular formula is C6H8N2S2. The second kappa shape index (κ2) is 3.07. The van der Waals surface area contributed by atoms with Crippen LogP contribution in [0.15, 0.2) is 12.3 Å². The molecule has 4 heteroatoms. The Morgan fingerprint density at radius 1 is 1.60 bits per heavy atom. The van der Waals surface area contributed by atoms with E-state index in [1.165, 1.54) is 0 Å². The highest BCUT2D eigenvalue weighted by Gasteiger charge is 1.84. The smallest absolute Gasteiger partial charge is 0.178 e. The fraction of sp³-hybridized carbons (Fsp3) is 0.333. The average molecular weight is 172 g/mol. The Morgan fingerprint density at radius 2 is 2.30 bits per heavy atom. The number of aromatic nitrogens is 2. The van der Waals surface area contributed by atoms with Crippen molar-refractivity contribution in [2.75, 3.05) is 0 Å². The van der Waals surface area contributed by atoms with Crippen molar-refractivity contribution in [3.05, 3.63) is 21.7 Å². The Labute approximate surface area is 69.5 Å². The molecule has 0 fully saturated rings. The summed E-state index contributed by atoms with van der Waals surface area (Å²) >= 11 is 9.85. The molecule has 1 heterocycles. The lowest BCUT2D eigenvalue weighted by atomic mass is 10.6. The van der Waals surface area contributed by atoms with E-state index >= 15 is 0 Å². The summed E-state index contributed by atoms with van der Waals surface area (Å²) in [7, 11) is 0. The van der Waals surface area contributed by atoms with E-state index in [0.29, 0.717) is 9.41 Å². The minimum absolute atomic E-state index is 0.690. The molecule has 54 valence electrons. The first-order valence-electron chi connectivity index (χ1n) is 3.04. The lowest BCUT2D eigenvalue weighted by Crippen LogP contribution is -1.97. The van der Waals surface area contributed by atoms with E-state index in [-0.39, 0.29) is 0 Å². The first kappa shape index (κ1) is 7.63. The van der Waals surface area contributed by atoms with Crippen LogP contribution in [0.2, 0.25) is 0 Å². The Balaban J connectivity index is 3.34. The van der Waals surface area contributed by atoms with Crippen LogP contribution in [0.4, 0.5) is 0 Å². The zero-order chi connectivity index (χ0) is 7.56. The van der Waals surface area contributed by atoms with E-state index in [9.17, 15) is 0 Å². The zero-order valence-electron chi connectivity index (χ0n) is 5.63. The van der Waals surface area contributed by atoms with Gasteiger partial charge in [-0.3, -0.25) is 0 Å². The van der Waals surface area contributed by atoms with Gasteiger partial charge in [0.1, 0.15) is 4.64 Å². The van der Waals surface area contributed by atoms with E-state index in [1.54, 1.807) is 0 Å². The molecular weight excluding hydrogens is 164 g/mol. The summed E-state index contributed by atoms with van der Waals surface area (Å²) in [4.78, 5) is 2.88. The van der Waals surface area contributed by atoms with Crippen LogP contribution in [0.1, 0.15) is 6.92 Å². The van der Waals surface area contributed by atoms with Gasteiger partial charge in [-0.05, 0) is 25.2 Å². The number of hydrogen-bond acceptors (Lipinski definition) is 2. The first-order valence-corrected chi connectivity index (χ1v) is 3.85. The molecule has 0 amide bonds. The molecule has 0 aliphatic heterocycles. The molecule has 0 saturated heterocycles. The fourth-order valence-electron chi connectivity index (χ4n) is 0.693. The molecule has 0 atom stereocenters. The van der Waals surface area contributed by atoms with Crippen molar-refractivity contribution in [1.82, 2.24) is 9.55 Å². The van der Waals surface area contributed by atoms with Crippen molar-refractivity contribution in [1.29, 1.82) is 0 Å². The summed E-state index contributed by atoms with van der Waals surface area (Å²) in [5.74, 6) is 0. The van der Waals surface area contributed by atoms with Crippen molar-refractivity contribution in [2.45, 2.75) is 13.5 Å². The van der Waals surface area contributed by atoms with Crippen LogP contribution in [-0.4, -0.2) is 9.55 Å². The maximum atomic E-state index is 4.98. The second-order valence-corrected chi connectivity index (χ2v) is 2.72. The maximum Gasteiger partial charge on any atom is 0.178 e. The van der Waals surface area contributed by atoms with Crippen LogP contribution in [0.5, 0.6) is 0 Å². The largest absolute Gasteiger partial charge is 0.326 e. The highest BCUT2D eigenvalue weighted by atomic mass is 32.1. The Kier molecular flexibility index (Phi) is 2.34. The van der Waals surface area contributed by atoms with Gasteiger partial charge in [0.15, 0.2) is 4.77 Å². The summed E-state index contributed by atoms with van der Waals surface area (Å²) in [5.41, 5.74) is 0. The van der Waals surface area contributed by atoms with E-state index in [0.717, 1.165) is 6.54 Å². The number of H-pyrrole nitrogens is 1. The van der Waals surface area contributed by atoms with Crippen molar-refractivity contribution < 1.29 is 0 Å². The number of hydrogen-bond donors (Lipinski definition) is 1. The van der Waals surface area contributed by atoms with Gasteiger partial charge in [-0.2, -0.15) is 0 Å². The van der Waals surface area contributed by atoms with Crippen molar-refractivity contribution in [2.24, 2.45) is 0 Å². The lowest BCUT2D eigenvalue weighted by molar-refractivity contribution is 0.719. The third-order valence-corrected chi connectivity index (χ3v) is 1.81. The number of nitrogens with one attached hydrogen (secondary N) is 1. The minimum atomic E-state index is 0.690. The van der Waals surface area contributed by atoms with E-state index in [1.807, 2.05) is 23.8 Å². The Bertz CT molecular complexity index is 323. The van der Waals surface area contributed by atoms with Crippen LogP contribution >= 0.6 is 24.4 Å². The highest BCUT2D eigenvalue weighted by molar-refractivity contribution is 7.72. The summed E-state index contributed by atoms with van der Waals surface area (Å²) in [6.07, 6.45) is 1.89. The number of aryl methyl sites for hydroxylation is 1. The third-order valence-electron chi connectivity index (χ3n) is 1.24. The van der Waals surface area contributed by atoms with Gasteiger partial charge in [-0.15, -0.1) is 0 Å². The molecule has 0 bridgehead atoms. The fourth-order valence-corrected chi connectivity index (χ4v) is 1.22. The van der Waals surface area contributed by atoms with Gasteiger partial charge in [-0.25, -0.2) is 0 Å². The third kappa shape index (κ3) is 1.52. The number of rotatable bonds is 1. The molecule has 0 spiro atoms. The molecule has 0 saturated carbocycles. The van der Waals surface area contributed by atoms with Gasteiger partial charge in [0.2, 0.25) is 0 Å². The summed E-state index contributed by atoms with van der Waals surface area (Å²) in [6.45, 7) is 2.91. The standard InChI is InChI=1S/C6H8N2S2/c1-2-8-4-3-5(9)7-6(8)10/h3-4H,2H2,1H3,(H,7,9,10). The SMILES string of the molecule is CCn1ccc(=S)[nH]c1=S. The average Bonchev–Trinajstić information content (AvgIpc) is 1.88. The molecule has 1 aromatic rings. The lowest BCUT2D eigenvalue weighted by Gasteiger charge is -1.99. The van der Waals surface area contributed by atoms with E-state index in [4.69, 9.17) is 24.4 Å². The second-order valence-electron chi connectivity index (χ2n) is 1.90. The molecule has 1 N–H and O–H groups in total. The van der Waals surface area contributed by atoms with Gasteiger partial charge in [-0.1, -0.05) is 12.2 Å². The quantitative estimate of drug-likeness (QED) is 0.656. The molecule has 0 aliphatic carbocycles. The first-order chi connectivity index (χ1) is 4.74. The number of nitrogens with zero attached hydrogens (tertiary/aromatic N) is 1. The predicted octanol–water partition coefficient (Wildman–Crippen LogP) is 2.30. The van der Waals surface area contributed by atoms with Crippen LogP contribution < -0.4 is 0 Å². The Hall–Kier alpha value is -0.480. The minimum Gasteiger partial charge on any atom is -0.326 e. The van der Waals surface area contributed by atoms with Gasteiger partial charge < -0.3 is 9.55 Å². The molecule has 0 unspecified atom stereocenters. The zero-order valence-corrected chi connectivity index (χ0v) is 7.26. The molecule has 2 nitrogen and oxygen atoms in total. The van der Waals surface area contributed by atoms with Gasteiger partial charge in [0.05, 0.1) is 0 Å². The van der Waals surface area contributed by atoms with Crippen molar-refractivity contribution >= 4 is 24.4 Å². The highest BCUT2D eigenvalue weighted by Crippen LogP contribution is 1.90. The molecule has 0 radical (unpaired) electrons. The van der Waals surface area contributed by atoms with E-state index < -0.39 is 0 Å². The topological polar surface area (TPSA) is 20.7 Å². The predicted molar refractivity (Wildman–Crippen MR) is 46.1 cm³/mol. The van der Waals surface area contributed by atoms with Gasteiger partial charge in [0.25, 0.3) is 0 Å². The van der Waals surface area contributed by atoms with Crippen LogP contribution in [0, 0.1) is 9.41 Å². The normalized spacial score (nSPS) is 9.70. The summed E-state index contributed by atoms with van der Waals surface area (Å²) < 4.78 is 3.30. The van der Waals surface area contributed by atoms with Crippen LogP contribution in [0.3, 0.4) is 0 Å². The number of aromatic amines is 1. The molecule has 1 rings (SSSR count). The van der Waals surface area contributed by atoms with Crippen molar-refractivity contribution in [3.63, 3.8) is 0 Å². The van der Waals surface area contributed by atoms with E-state index in [2.05, 4.69) is 4.98 Å². The maximum absolute atomic E-state index is 4.98. The van der Waals surface area contributed by atoms with Crippen LogP contribution in [0.25, 0.3) is 0 Å². The summed E-state index contributed by atoms with van der Waals surface area (Å²) in [5, 5.41) is 0. The Morgan fingerprint density at radius 3 is 2.80 bits per heavy atom. The molecule has 1 aromatic heterocycles. The van der Waals surface area contributed by atoms with Crippen molar-refractivity contribution in [3.8, 4) is 0 Å². The van der Waals surface area contributed by atoms with Crippen LogP contribution in [-0.2, 0) is 6.54 Å². The molecule has 0 aromatic carbocycles. The van der Waals surface area contributed by atoms with Gasteiger partial charge in [0, 0.05) is 12.7 Å². The molecule has 10 heavy (non-hydrogen) atoms. The molecule has 0 aliphatic rings. The monoisotopic (exact) mass is 172 g/mol. The summed E-state index contributed by atoms with van der Waals surface area (Å²) in [6, 6.07) is 1.83.